The molecule has 1 nitrogen and oxygen atoms in total. The van der Waals surface area contributed by atoms with Gasteiger partial charge in [-0.25, -0.2) is 0 Å². The second-order valence-corrected chi connectivity index (χ2v) is 17.1. The van der Waals surface area contributed by atoms with Gasteiger partial charge in [-0.3, -0.25) is 6.79 Å². The van der Waals surface area contributed by atoms with E-state index in [9.17, 15) is 0 Å². The molecule has 4 aromatic carbocycles. The number of halogens is 1. The van der Waals surface area contributed by atoms with Gasteiger partial charge in [-0.1, -0.05) is 141 Å². The quantitative estimate of drug-likeness (QED) is 0.0939. The Hall–Kier alpha value is -1.43. The van der Waals surface area contributed by atoms with Crippen LogP contribution in [0.2, 0.25) is 5.04 Å². The Bertz CT molecular complexity index is 981. The van der Waals surface area contributed by atoms with E-state index in [4.69, 9.17) is 4.79 Å². The molecule has 0 amide bonds. The maximum atomic E-state index is 7.75. The molecule has 0 fully saturated rings. The van der Waals surface area contributed by atoms with E-state index < -0.39 is 0 Å². The Kier molecular flexibility index (Phi) is 17.9. The summed E-state index contributed by atoms with van der Waals surface area (Å²) in [5, 5.41) is 6.57. The van der Waals surface area contributed by atoms with Gasteiger partial charge in [0.2, 0.25) is 0 Å². The Labute approximate surface area is 261 Å². The normalized spacial score (nSPS) is 10.7. The molecule has 0 aliphatic heterocycles. The second kappa shape index (κ2) is 19.6. The standard InChI is InChI=1S/C32H38P2Si.CHO.ClH.Ir.H/c1-32(35,24-14-26-33(28-16-6-2-7-17-28)29-18-8-3-9-19-29)25-15-27-34(30-20-10-4-11-21-30)31-22-12-5-13-23-31;1-2;;;/h2-13,16-23H,14-15,24-27H2,1,35H3;1H;1H;;/q;-1;;+2;/p-1. The number of carbonyl (C=O) groups excluding carboxylic acids is 1. The second-order valence-electron chi connectivity index (χ2n) is 10.0. The summed E-state index contributed by atoms with van der Waals surface area (Å²) in [6.07, 6.45) is 7.94. The first kappa shape index (κ1) is 35.6. The Morgan fingerprint density at radius 1 is 0.564 bits per heavy atom. The minimum atomic E-state index is -0.269. The molecular formula is C33H40ClIrOP2Si. The third-order valence-corrected chi connectivity index (χ3v) is 13.0. The fourth-order valence-electron chi connectivity index (χ4n) is 4.80. The zero-order valence-electron chi connectivity index (χ0n) is 22.9. The van der Waals surface area contributed by atoms with E-state index in [1.807, 2.05) is 0 Å². The monoisotopic (exact) mass is 770 g/mol. The average molecular weight is 770 g/mol. The van der Waals surface area contributed by atoms with Gasteiger partial charge >= 0.3 is 20.1 Å². The van der Waals surface area contributed by atoms with Crippen LogP contribution in [0, 0.1) is 0 Å². The molecule has 0 N–H and O–H groups in total. The van der Waals surface area contributed by atoms with Crippen molar-refractivity contribution >= 4 is 54.1 Å². The van der Waals surface area contributed by atoms with Crippen LogP contribution in [0.25, 0.3) is 0 Å². The van der Waals surface area contributed by atoms with Gasteiger partial charge in [-0.15, -0.1) is 0 Å². The van der Waals surface area contributed by atoms with Gasteiger partial charge in [-0.2, -0.15) is 0 Å². The minimum absolute atomic E-state index is 0. The molecule has 0 saturated carbocycles. The van der Waals surface area contributed by atoms with Crippen molar-refractivity contribution in [2.75, 3.05) is 12.3 Å². The molecule has 208 valence electrons. The predicted octanol–water partition coefficient (Wildman–Crippen LogP) is 2.82. The molecule has 0 aliphatic carbocycles. The third-order valence-electron chi connectivity index (χ3n) is 6.74. The van der Waals surface area contributed by atoms with Gasteiger partial charge in [0.15, 0.2) is 0 Å². The summed E-state index contributed by atoms with van der Waals surface area (Å²) in [6.45, 7) is 5.79. The van der Waals surface area contributed by atoms with Gasteiger partial charge in [0, 0.05) is 10.2 Å². The van der Waals surface area contributed by atoms with E-state index in [0.29, 0.717) is 5.04 Å². The first-order chi connectivity index (χ1) is 18.1. The van der Waals surface area contributed by atoms with E-state index in [1.165, 1.54) is 69.5 Å². The van der Waals surface area contributed by atoms with Crippen molar-refractivity contribution in [3.05, 3.63) is 121 Å². The summed E-state index contributed by atoms with van der Waals surface area (Å²) in [4.78, 5) is 7.75. The van der Waals surface area contributed by atoms with Gasteiger partial charge in [0.25, 0.3) is 0 Å². The van der Waals surface area contributed by atoms with E-state index >= 15 is 0 Å². The summed E-state index contributed by atoms with van der Waals surface area (Å²) in [7, 11) is 0.725. The molecule has 4 aromatic rings. The predicted molar refractivity (Wildman–Crippen MR) is 173 cm³/mol. The van der Waals surface area contributed by atoms with Crippen LogP contribution in [0.5, 0.6) is 0 Å². The summed E-state index contributed by atoms with van der Waals surface area (Å²) in [5.41, 5.74) is 0. The molecule has 4 rings (SSSR count). The van der Waals surface area contributed by atoms with Crippen molar-refractivity contribution in [3.8, 4) is 0 Å². The molecule has 1 radical (unpaired) electrons. The van der Waals surface area contributed by atoms with Gasteiger partial charge in [0.1, 0.15) is 0 Å². The average Bonchev–Trinajstić information content (AvgIpc) is 2.96. The maximum absolute atomic E-state index is 7.75. The summed E-state index contributed by atoms with van der Waals surface area (Å²) in [6, 6.07) is 44.7. The fraction of sp³-hybridized carbons (Fsp3) is 0.242. The van der Waals surface area contributed by atoms with Crippen molar-refractivity contribution in [2.24, 2.45) is 0 Å². The molecular weight excluding hydrogens is 730 g/mol. The van der Waals surface area contributed by atoms with Gasteiger partial charge in [0.05, 0.1) is 0 Å². The summed E-state index contributed by atoms with van der Waals surface area (Å²) in [5.74, 6) is 0. The van der Waals surface area contributed by atoms with E-state index in [2.05, 4.69) is 135 Å². The number of hydrogen-bond donors (Lipinski definition) is 0. The third kappa shape index (κ3) is 11.9. The Balaban J connectivity index is 0.00000186. The zero-order valence-corrected chi connectivity index (χ0v) is 30.0. The van der Waals surface area contributed by atoms with Crippen molar-refractivity contribution in [2.45, 2.75) is 37.6 Å². The molecule has 0 heterocycles. The summed E-state index contributed by atoms with van der Waals surface area (Å²) >= 11 is 0. The van der Waals surface area contributed by atoms with Crippen LogP contribution in [0.4, 0.5) is 0 Å². The Morgan fingerprint density at radius 3 is 1.03 bits per heavy atom. The molecule has 0 saturated heterocycles. The van der Waals surface area contributed by atoms with E-state index in [0.717, 1.165) is 0 Å². The number of benzene rings is 4. The van der Waals surface area contributed by atoms with Crippen LogP contribution in [0.15, 0.2) is 121 Å². The molecule has 39 heavy (non-hydrogen) atoms. The molecule has 0 atom stereocenters. The molecule has 0 aliphatic rings. The molecule has 0 aromatic heterocycles. The van der Waals surface area contributed by atoms with Crippen LogP contribution >= 0.6 is 15.8 Å². The fourth-order valence-corrected chi connectivity index (χ4v) is 10.2. The zero-order chi connectivity index (χ0) is 26.3. The molecule has 6 heteroatoms. The van der Waals surface area contributed by atoms with E-state index in [-0.39, 0.29) is 48.4 Å². The first-order valence-electron chi connectivity index (χ1n) is 13.1. The number of hydrogen-bond acceptors (Lipinski definition) is 1. The van der Waals surface area contributed by atoms with Gasteiger partial charge < -0.3 is 17.2 Å². The molecule has 0 unspecified atom stereocenters. The SMILES string of the molecule is CC([SiH3])(CCCP(c1ccccc1)c1ccccc1)CCCP(c1ccccc1)c1ccccc1.[CH-]=O.[Cl-].[IrH+2]. The summed E-state index contributed by atoms with van der Waals surface area (Å²) < 4.78 is 0. The topological polar surface area (TPSA) is 17.1 Å². The van der Waals surface area contributed by atoms with Crippen molar-refractivity contribution in [1.82, 2.24) is 0 Å². The van der Waals surface area contributed by atoms with Crippen LogP contribution in [0.3, 0.4) is 0 Å². The van der Waals surface area contributed by atoms with Crippen LogP contribution in [-0.4, -0.2) is 29.4 Å². The Morgan fingerprint density at radius 2 is 0.795 bits per heavy atom. The van der Waals surface area contributed by atoms with Crippen LogP contribution in [0.1, 0.15) is 32.6 Å². The van der Waals surface area contributed by atoms with Crippen molar-refractivity contribution in [3.63, 3.8) is 0 Å². The first-order valence-corrected chi connectivity index (χ1v) is 17.2. The van der Waals surface area contributed by atoms with E-state index in [1.54, 1.807) is 0 Å². The molecule has 0 spiro atoms. The van der Waals surface area contributed by atoms with Crippen LogP contribution < -0.4 is 33.6 Å². The van der Waals surface area contributed by atoms with Crippen LogP contribution in [-0.2, 0) is 24.9 Å². The number of rotatable bonds is 12. The molecule has 0 bridgehead atoms. The van der Waals surface area contributed by atoms with Crippen molar-refractivity contribution < 1.29 is 37.3 Å². The van der Waals surface area contributed by atoms with Crippen molar-refractivity contribution in [1.29, 1.82) is 0 Å². The van der Waals surface area contributed by atoms with Gasteiger partial charge in [-0.05, 0) is 67.3 Å².